The van der Waals surface area contributed by atoms with Crippen LogP contribution in [0.4, 0.5) is 5.13 Å². The number of aromatic amines is 1. The average Bonchev–Trinajstić information content (AvgIpc) is 3.13. The van der Waals surface area contributed by atoms with Crippen molar-refractivity contribution in [3.8, 4) is 0 Å². The molecule has 3 rings (SSSR count). The molecular weight excluding hydrogens is 360 g/mol. The van der Waals surface area contributed by atoms with Gasteiger partial charge in [0.15, 0.2) is 15.2 Å². The van der Waals surface area contributed by atoms with E-state index in [0.29, 0.717) is 27.7 Å². The van der Waals surface area contributed by atoms with Crippen molar-refractivity contribution in [3.63, 3.8) is 0 Å². The van der Waals surface area contributed by atoms with Crippen LogP contribution in [0, 0.1) is 0 Å². The molecule has 0 atom stereocenters. The van der Waals surface area contributed by atoms with E-state index in [1.807, 2.05) is 5.38 Å². The van der Waals surface area contributed by atoms with Crippen LogP contribution in [0.2, 0.25) is 5.15 Å². The molecule has 0 bridgehead atoms. The van der Waals surface area contributed by atoms with Crippen molar-refractivity contribution in [2.24, 2.45) is 0 Å². The second-order valence-electron chi connectivity index (χ2n) is 4.61. The molecule has 1 N–H and O–H groups in total. The molecular formula is C13H11ClN4O3S2. The maximum atomic E-state index is 12.0. The largest absolute Gasteiger partial charge is 0.465 e. The number of esters is 1. The van der Waals surface area contributed by atoms with Crippen LogP contribution in [0.25, 0.3) is 10.2 Å². The number of thiophene rings is 1. The molecule has 23 heavy (non-hydrogen) atoms. The third kappa shape index (κ3) is 3.07. The highest BCUT2D eigenvalue weighted by Crippen LogP contribution is 2.30. The Bertz CT molecular complexity index is 933. The summed E-state index contributed by atoms with van der Waals surface area (Å²) < 4.78 is 5.25. The number of nitrogens with zero attached hydrogens (tertiary/aromatic N) is 3. The number of hydrogen-bond acceptors (Lipinski definition) is 8. The van der Waals surface area contributed by atoms with Gasteiger partial charge in [0.2, 0.25) is 0 Å². The molecule has 0 amide bonds. The van der Waals surface area contributed by atoms with E-state index in [-0.39, 0.29) is 15.6 Å². The zero-order valence-corrected chi connectivity index (χ0v) is 14.5. The maximum absolute atomic E-state index is 12.0. The number of hydrogen-bond donors (Lipinski definition) is 1. The van der Waals surface area contributed by atoms with Crippen molar-refractivity contribution in [2.45, 2.75) is 6.54 Å². The second-order valence-corrected chi connectivity index (χ2v) is 6.86. The third-order valence-corrected chi connectivity index (χ3v) is 5.46. The summed E-state index contributed by atoms with van der Waals surface area (Å²) in [6, 6.07) is 1.80. The Kier molecular flexibility index (Phi) is 4.33. The lowest BCUT2D eigenvalue weighted by atomic mass is 10.4. The first-order valence-corrected chi connectivity index (χ1v) is 8.49. The summed E-state index contributed by atoms with van der Waals surface area (Å²) in [4.78, 5) is 36.8. The molecule has 0 aliphatic rings. The van der Waals surface area contributed by atoms with Gasteiger partial charge in [0.05, 0.1) is 19.2 Å². The van der Waals surface area contributed by atoms with Gasteiger partial charge in [-0.1, -0.05) is 22.9 Å². The number of carbonyl (C=O) groups excluding carboxylic acids is 1. The summed E-state index contributed by atoms with van der Waals surface area (Å²) in [6.45, 7) is 0.325. The highest BCUT2D eigenvalue weighted by atomic mass is 35.5. The second kappa shape index (κ2) is 6.26. The third-order valence-electron chi connectivity index (χ3n) is 3.02. The molecule has 3 aromatic heterocycles. The Hall–Kier alpha value is -1.97. The van der Waals surface area contributed by atoms with Crippen LogP contribution < -0.4 is 10.5 Å². The Morgan fingerprint density at radius 2 is 2.26 bits per heavy atom. The van der Waals surface area contributed by atoms with E-state index in [1.165, 1.54) is 18.4 Å². The number of carbonyl (C=O) groups is 1. The first-order chi connectivity index (χ1) is 11.0. The Morgan fingerprint density at radius 3 is 3.00 bits per heavy atom. The predicted octanol–water partition coefficient (Wildman–Crippen LogP) is 2.52. The number of ether oxygens (including phenoxy) is 1. The molecule has 10 heteroatoms. The molecule has 0 aromatic carbocycles. The molecule has 120 valence electrons. The summed E-state index contributed by atoms with van der Waals surface area (Å²) in [7, 11) is 3.06. The van der Waals surface area contributed by atoms with Gasteiger partial charge < -0.3 is 14.6 Å². The van der Waals surface area contributed by atoms with Crippen molar-refractivity contribution >= 4 is 55.6 Å². The molecule has 0 unspecified atom stereocenters. The van der Waals surface area contributed by atoms with Crippen LogP contribution in [0.5, 0.6) is 0 Å². The Morgan fingerprint density at radius 1 is 1.48 bits per heavy atom. The molecule has 0 saturated heterocycles. The number of H-pyrrole nitrogens is 1. The number of methoxy groups -OCH3 is 1. The van der Waals surface area contributed by atoms with E-state index in [2.05, 4.69) is 19.7 Å². The van der Waals surface area contributed by atoms with Gasteiger partial charge in [-0.15, -0.1) is 11.3 Å². The van der Waals surface area contributed by atoms with Gasteiger partial charge in [-0.3, -0.25) is 4.79 Å². The van der Waals surface area contributed by atoms with Crippen LogP contribution in [-0.4, -0.2) is 35.1 Å². The van der Waals surface area contributed by atoms with E-state index >= 15 is 0 Å². The van der Waals surface area contributed by atoms with Crippen molar-refractivity contribution < 1.29 is 9.53 Å². The summed E-state index contributed by atoms with van der Waals surface area (Å²) in [6.07, 6.45) is 0. The molecule has 0 radical (unpaired) electrons. The molecule has 0 fully saturated rings. The van der Waals surface area contributed by atoms with Crippen LogP contribution in [0.3, 0.4) is 0 Å². The number of anilines is 1. The smallest absolute Gasteiger partial charge is 0.351 e. The zero-order chi connectivity index (χ0) is 16.6. The lowest BCUT2D eigenvalue weighted by Gasteiger charge is -2.14. The molecule has 3 heterocycles. The van der Waals surface area contributed by atoms with Gasteiger partial charge in [0.1, 0.15) is 10.5 Å². The monoisotopic (exact) mass is 370 g/mol. The summed E-state index contributed by atoms with van der Waals surface area (Å²) in [5.74, 6) is -0.0206. The van der Waals surface area contributed by atoms with Gasteiger partial charge in [0, 0.05) is 7.05 Å². The molecule has 3 aromatic rings. The predicted molar refractivity (Wildman–Crippen MR) is 90.8 cm³/mol. The lowest BCUT2D eigenvalue weighted by Crippen LogP contribution is -2.21. The molecule has 0 saturated carbocycles. The van der Waals surface area contributed by atoms with Crippen molar-refractivity contribution in [2.75, 3.05) is 19.1 Å². The van der Waals surface area contributed by atoms with Gasteiger partial charge in [-0.2, -0.15) is 0 Å². The standard InChI is InChI=1S/C13H11ClN4O3S2/c1-18(13-17-10(14)9(23-13)12(20)21-2)5-7-15-6-3-4-22-8(6)11(19)16-7/h3-4H,5H2,1-2H3,(H,15,16,19). The minimum atomic E-state index is -0.529. The molecule has 7 nitrogen and oxygen atoms in total. The van der Waals surface area contributed by atoms with Crippen LogP contribution >= 0.6 is 34.3 Å². The lowest BCUT2D eigenvalue weighted by molar-refractivity contribution is 0.0606. The fraction of sp³-hybridized carbons (Fsp3) is 0.231. The van der Waals surface area contributed by atoms with E-state index < -0.39 is 5.97 Å². The fourth-order valence-corrected chi connectivity index (χ4v) is 3.85. The molecule has 0 spiro atoms. The SMILES string of the molecule is COC(=O)c1sc(N(C)Cc2nc3ccsc3c(=O)[nH]2)nc1Cl. The normalized spacial score (nSPS) is 10.9. The molecule has 0 aliphatic carbocycles. The van der Waals surface area contributed by atoms with E-state index in [4.69, 9.17) is 11.6 Å². The van der Waals surface area contributed by atoms with Gasteiger partial charge in [-0.05, 0) is 11.4 Å². The summed E-state index contributed by atoms with van der Waals surface area (Å²) in [5.41, 5.74) is 0.496. The summed E-state index contributed by atoms with van der Waals surface area (Å²) >= 11 is 8.42. The number of thiazole rings is 1. The van der Waals surface area contributed by atoms with Crippen LogP contribution in [0.1, 0.15) is 15.5 Å². The summed E-state index contributed by atoms with van der Waals surface area (Å²) in [5, 5.41) is 2.45. The van der Waals surface area contributed by atoms with E-state index in [0.717, 1.165) is 11.3 Å². The zero-order valence-electron chi connectivity index (χ0n) is 12.1. The van der Waals surface area contributed by atoms with Crippen LogP contribution in [-0.2, 0) is 11.3 Å². The van der Waals surface area contributed by atoms with E-state index in [1.54, 1.807) is 18.0 Å². The van der Waals surface area contributed by atoms with Crippen molar-refractivity contribution in [1.29, 1.82) is 0 Å². The minimum Gasteiger partial charge on any atom is -0.465 e. The molecule has 0 aliphatic heterocycles. The highest BCUT2D eigenvalue weighted by Gasteiger charge is 2.19. The van der Waals surface area contributed by atoms with Gasteiger partial charge in [-0.25, -0.2) is 14.8 Å². The first-order valence-electron chi connectivity index (χ1n) is 6.41. The fourth-order valence-electron chi connectivity index (χ4n) is 1.96. The van der Waals surface area contributed by atoms with Gasteiger partial charge >= 0.3 is 5.97 Å². The van der Waals surface area contributed by atoms with Crippen molar-refractivity contribution in [3.05, 3.63) is 37.7 Å². The quantitative estimate of drug-likeness (QED) is 0.710. The Balaban J connectivity index is 1.87. The number of rotatable bonds is 4. The number of nitrogens with one attached hydrogen (secondary N) is 1. The average molecular weight is 371 g/mol. The number of halogens is 1. The topological polar surface area (TPSA) is 88.2 Å². The first kappa shape index (κ1) is 15.9. The number of fused-ring (bicyclic) bond motifs is 1. The van der Waals surface area contributed by atoms with Gasteiger partial charge in [0.25, 0.3) is 5.56 Å². The maximum Gasteiger partial charge on any atom is 0.351 e. The highest BCUT2D eigenvalue weighted by molar-refractivity contribution is 7.18. The minimum absolute atomic E-state index is 0.0958. The number of aromatic nitrogens is 3. The van der Waals surface area contributed by atoms with E-state index in [9.17, 15) is 9.59 Å². The van der Waals surface area contributed by atoms with Crippen molar-refractivity contribution in [1.82, 2.24) is 15.0 Å². The Labute approximate surface area is 143 Å². The van der Waals surface area contributed by atoms with Crippen LogP contribution in [0.15, 0.2) is 16.2 Å².